The quantitative estimate of drug-likeness (QED) is 0.418. The molecule has 1 aromatic carbocycles. The molecule has 0 spiro atoms. The summed E-state index contributed by atoms with van der Waals surface area (Å²) >= 11 is 0. The number of anilines is 1. The van der Waals surface area contributed by atoms with Crippen LogP contribution in [0.25, 0.3) is 0 Å². The minimum absolute atomic E-state index is 0.498. The monoisotopic (exact) mass is 303 g/mol. The summed E-state index contributed by atoms with van der Waals surface area (Å²) in [6, 6.07) is 6.38. The van der Waals surface area contributed by atoms with E-state index in [1.807, 2.05) is 0 Å². The number of hydrogen-bond donors (Lipinski definition) is 2. The van der Waals surface area contributed by atoms with Gasteiger partial charge >= 0.3 is 0 Å². The van der Waals surface area contributed by atoms with Gasteiger partial charge in [-0.25, -0.2) is 0 Å². The minimum atomic E-state index is 0.498. The Hall–Kier alpha value is -1.55. The fourth-order valence-corrected chi connectivity index (χ4v) is 2.47. The molecule has 1 aromatic rings. The van der Waals surface area contributed by atoms with Crippen molar-refractivity contribution in [3.8, 4) is 0 Å². The summed E-state index contributed by atoms with van der Waals surface area (Å²) in [4.78, 5) is 4.41. The predicted octanol–water partition coefficient (Wildman–Crippen LogP) is 3.35. The van der Waals surface area contributed by atoms with Crippen LogP contribution < -0.4 is 11.1 Å². The molecule has 0 aromatic heterocycles. The first-order valence-electron chi connectivity index (χ1n) is 8.50. The van der Waals surface area contributed by atoms with Crippen LogP contribution in [-0.4, -0.2) is 25.7 Å². The largest absolute Gasteiger partial charge is 0.381 e. The molecule has 4 heteroatoms. The maximum absolute atomic E-state index is 6.02. The number of benzene rings is 1. The van der Waals surface area contributed by atoms with Crippen LogP contribution in [-0.2, 0) is 17.6 Å². The Morgan fingerprint density at radius 1 is 1.27 bits per heavy atom. The van der Waals surface area contributed by atoms with Crippen LogP contribution in [0.1, 0.15) is 44.2 Å². The van der Waals surface area contributed by atoms with Crippen LogP contribution in [0, 0.1) is 5.92 Å². The first kappa shape index (κ1) is 16.8. The van der Waals surface area contributed by atoms with Gasteiger partial charge in [0.1, 0.15) is 0 Å². The Kier molecular flexibility index (Phi) is 6.72. The number of aliphatic imine (C=N–C) groups is 1. The zero-order valence-corrected chi connectivity index (χ0v) is 13.9. The van der Waals surface area contributed by atoms with Crippen LogP contribution in [0.5, 0.6) is 0 Å². The predicted molar refractivity (Wildman–Crippen MR) is 93.5 cm³/mol. The summed E-state index contributed by atoms with van der Waals surface area (Å²) < 4.78 is 5.60. The molecule has 0 radical (unpaired) electrons. The highest BCUT2D eigenvalue weighted by molar-refractivity contribution is 5.93. The summed E-state index contributed by atoms with van der Waals surface area (Å²) in [6.07, 6.45) is 5.57. The van der Waals surface area contributed by atoms with Gasteiger partial charge in [-0.15, -0.1) is 0 Å². The van der Waals surface area contributed by atoms with Crippen molar-refractivity contribution in [2.45, 2.75) is 46.0 Å². The molecule has 1 saturated carbocycles. The highest BCUT2D eigenvalue weighted by atomic mass is 16.5. The van der Waals surface area contributed by atoms with Crippen LogP contribution in [0.15, 0.2) is 23.2 Å². The van der Waals surface area contributed by atoms with E-state index in [-0.39, 0.29) is 0 Å². The zero-order valence-electron chi connectivity index (χ0n) is 13.9. The number of nitrogens with one attached hydrogen (secondary N) is 1. The second kappa shape index (κ2) is 8.79. The van der Waals surface area contributed by atoms with Gasteiger partial charge in [0.15, 0.2) is 5.96 Å². The van der Waals surface area contributed by atoms with Gasteiger partial charge in [0.25, 0.3) is 0 Å². The number of hydrogen-bond acceptors (Lipinski definition) is 2. The van der Waals surface area contributed by atoms with Crippen molar-refractivity contribution in [3.05, 3.63) is 29.3 Å². The Bertz CT molecular complexity index is 473. The minimum Gasteiger partial charge on any atom is -0.381 e. The molecule has 1 aliphatic rings. The maximum Gasteiger partial charge on any atom is 0.193 e. The van der Waals surface area contributed by atoms with E-state index in [1.165, 1.54) is 24.0 Å². The number of rotatable bonds is 9. The fourth-order valence-electron chi connectivity index (χ4n) is 2.47. The lowest BCUT2D eigenvalue weighted by molar-refractivity contribution is 0.123. The normalized spacial score (nSPS) is 15.1. The standard InChI is InChI=1S/C18H29N3O/c1-3-15-7-5-8-16(4-2)17(15)21-18(19)20-11-6-12-22-13-14-9-10-14/h5,7-8,14H,3-4,6,9-13H2,1-2H3,(H3,19,20,21). The molecule has 0 aliphatic heterocycles. The van der Waals surface area contributed by atoms with Crippen molar-refractivity contribution in [2.75, 3.05) is 25.1 Å². The molecule has 0 unspecified atom stereocenters. The molecule has 0 heterocycles. The lowest BCUT2D eigenvalue weighted by atomic mass is 10.0. The van der Waals surface area contributed by atoms with Gasteiger partial charge in [-0.1, -0.05) is 32.0 Å². The number of ether oxygens (including phenoxy) is 1. The first-order valence-corrected chi connectivity index (χ1v) is 8.50. The number of guanidine groups is 1. The first-order chi connectivity index (χ1) is 10.7. The summed E-state index contributed by atoms with van der Waals surface area (Å²) in [5.41, 5.74) is 9.71. The van der Waals surface area contributed by atoms with Crippen molar-refractivity contribution in [1.29, 1.82) is 0 Å². The second-order valence-corrected chi connectivity index (χ2v) is 5.92. The number of aryl methyl sites for hydroxylation is 2. The van der Waals surface area contributed by atoms with Crippen LogP contribution >= 0.6 is 0 Å². The van der Waals surface area contributed by atoms with Crippen LogP contribution in [0.4, 0.5) is 5.69 Å². The smallest absolute Gasteiger partial charge is 0.193 e. The Morgan fingerprint density at radius 3 is 2.55 bits per heavy atom. The van der Waals surface area contributed by atoms with E-state index >= 15 is 0 Å². The van der Waals surface area contributed by atoms with Crippen LogP contribution in [0.2, 0.25) is 0 Å². The third kappa shape index (κ3) is 5.34. The van der Waals surface area contributed by atoms with Gasteiger partial charge in [-0.3, -0.25) is 4.99 Å². The molecule has 122 valence electrons. The lowest BCUT2D eigenvalue weighted by Crippen LogP contribution is -2.24. The van der Waals surface area contributed by atoms with Gasteiger partial charge in [-0.05, 0) is 49.1 Å². The van der Waals surface area contributed by atoms with Crippen LogP contribution in [0.3, 0.4) is 0 Å². The molecule has 1 aliphatic carbocycles. The third-order valence-electron chi connectivity index (χ3n) is 4.03. The van der Waals surface area contributed by atoms with E-state index in [2.05, 4.69) is 42.4 Å². The Balaban J connectivity index is 1.79. The van der Waals surface area contributed by atoms with Gasteiger partial charge < -0.3 is 15.8 Å². The molecule has 3 N–H and O–H groups in total. The Labute approximate surface area is 134 Å². The molecule has 0 bridgehead atoms. The molecular weight excluding hydrogens is 274 g/mol. The fraction of sp³-hybridized carbons (Fsp3) is 0.611. The van der Waals surface area contributed by atoms with Gasteiger partial charge in [0.2, 0.25) is 0 Å². The van der Waals surface area contributed by atoms with Crippen molar-refractivity contribution in [2.24, 2.45) is 16.6 Å². The van der Waals surface area contributed by atoms with Crippen molar-refractivity contribution >= 4 is 11.6 Å². The third-order valence-corrected chi connectivity index (χ3v) is 4.03. The van der Waals surface area contributed by atoms with Crippen molar-refractivity contribution in [3.63, 3.8) is 0 Å². The van der Waals surface area contributed by atoms with Gasteiger partial charge in [0.05, 0.1) is 0 Å². The molecule has 22 heavy (non-hydrogen) atoms. The van der Waals surface area contributed by atoms with E-state index in [0.717, 1.165) is 44.1 Å². The Morgan fingerprint density at radius 2 is 1.95 bits per heavy atom. The number of para-hydroxylation sites is 1. The zero-order chi connectivity index (χ0) is 15.8. The average Bonchev–Trinajstić information content (AvgIpc) is 3.35. The summed E-state index contributed by atoms with van der Waals surface area (Å²) in [7, 11) is 0. The van der Waals surface area contributed by atoms with Crippen molar-refractivity contribution in [1.82, 2.24) is 0 Å². The van der Waals surface area contributed by atoms with E-state index in [0.29, 0.717) is 12.5 Å². The SMILES string of the molecule is CCc1cccc(CC)c1NC(N)=NCCCOCC1CC1. The van der Waals surface area contributed by atoms with E-state index in [1.54, 1.807) is 0 Å². The summed E-state index contributed by atoms with van der Waals surface area (Å²) in [6.45, 7) is 6.72. The van der Waals surface area contributed by atoms with Crippen molar-refractivity contribution < 1.29 is 4.74 Å². The number of nitrogens with two attached hydrogens (primary N) is 1. The van der Waals surface area contributed by atoms with E-state index < -0.39 is 0 Å². The summed E-state index contributed by atoms with van der Waals surface area (Å²) in [5, 5.41) is 3.29. The van der Waals surface area contributed by atoms with Gasteiger partial charge in [-0.2, -0.15) is 0 Å². The van der Waals surface area contributed by atoms with Gasteiger partial charge in [0, 0.05) is 25.4 Å². The molecule has 0 atom stereocenters. The molecule has 4 nitrogen and oxygen atoms in total. The number of nitrogens with zero attached hydrogens (tertiary/aromatic N) is 1. The highest BCUT2D eigenvalue weighted by Crippen LogP contribution is 2.28. The maximum atomic E-state index is 6.02. The second-order valence-electron chi connectivity index (χ2n) is 5.92. The summed E-state index contributed by atoms with van der Waals surface area (Å²) in [5.74, 6) is 1.33. The van der Waals surface area contributed by atoms with E-state index in [9.17, 15) is 0 Å². The highest BCUT2D eigenvalue weighted by Gasteiger charge is 2.20. The molecule has 0 amide bonds. The topological polar surface area (TPSA) is 59.6 Å². The average molecular weight is 303 g/mol. The molecular formula is C18H29N3O. The van der Waals surface area contributed by atoms with E-state index in [4.69, 9.17) is 10.5 Å². The molecule has 0 saturated heterocycles. The molecule has 2 rings (SSSR count). The lowest BCUT2D eigenvalue weighted by Gasteiger charge is -2.14. The molecule has 1 fully saturated rings.